The van der Waals surface area contributed by atoms with Gasteiger partial charge in [-0.1, -0.05) is 30.3 Å². The molecule has 6 heteroatoms. The van der Waals surface area contributed by atoms with E-state index in [9.17, 15) is 20.4 Å². The van der Waals surface area contributed by atoms with Gasteiger partial charge >= 0.3 is 0 Å². The first-order valence-electron chi connectivity index (χ1n) is 12.8. The molecule has 1 aliphatic heterocycles. The average Bonchev–Trinajstić information content (AvgIpc) is 3.70. The van der Waals surface area contributed by atoms with E-state index < -0.39 is 24.2 Å². The second kappa shape index (κ2) is 10.3. The molecule has 0 amide bonds. The number of hydrogen-bond acceptors (Lipinski definition) is 6. The van der Waals surface area contributed by atoms with Gasteiger partial charge in [-0.2, -0.15) is 0 Å². The molecule has 3 aliphatic rings. The Bertz CT molecular complexity index is 952. The smallest absolute Gasteiger partial charge is 0.119 e. The van der Waals surface area contributed by atoms with E-state index in [2.05, 4.69) is 47.8 Å². The van der Waals surface area contributed by atoms with Gasteiger partial charge in [0.1, 0.15) is 18.0 Å². The van der Waals surface area contributed by atoms with Gasteiger partial charge in [-0.3, -0.25) is 0 Å². The summed E-state index contributed by atoms with van der Waals surface area (Å²) < 4.78 is 6.15. The summed E-state index contributed by atoms with van der Waals surface area (Å²) in [5.74, 6) is 0.756. The predicted molar refractivity (Wildman–Crippen MR) is 130 cm³/mol. The molecule has 0 unspecified atom stereocenters. The van der Waals surface area contributed by atoms with Gasteiger partial charge in [-0.05, 0) is 91.9 Å². The minimum atomic E-state index is -1.25. The van der Waals surface area contributed by atoms with Crippen molar-refractivity contribution in [2.75, 3.05) is 19.7 Å². The van der Waals surface area contributed by atoms with E-state index >= 15 is 0 Å². The van der Waals surface area contributed by atoms with Crippen LogP contribution in [-0.2, 0) is 6.42 Å². The van der Waals surface area contributed by atoms with Gasteiger partial charge in [0.05, 0.1) is 12.2 Å². The number of rotatable bonds is 7. The first-order chi connectivity index (χ1) is 16.5. The molecule has 0 bridgehead atoms. The van der Waals surface area contributed by atoms with E-state index in [0.29, 0.717) is 12.3 Å². The van der Waals surface area contributed by atoms with Crippen molar-refractivity contribution < 1.29 is 25.2 Å². The van der Waals surface area contributed by atoms with Gasteiger partial charge in [0.25, 0.3) is 0 Å². The van der Waals surface area contributed by atoms with Gasteiger partial charge in [-0.25, -0.2) is 0 Å². The summed E-state index contributed by atoms with van der Waals surface area (Å²) in [4.78, 5) is 0. The minimum absolute atomic E-state index is 0.208. The molecular formula is C28H37NO5. The first-order valence-corrected chi connectivity index (χ1v) is 12.8. The van der Waals surface area contributed by atoms with Crippen LogP contribution in [0.25, 0.3) is 0 Å². The van der Waals surface area contributed by atoms with Crippen molar-refractivity contribution in [1.29, 1.82) is 0 Å². The summed E-state index contributed by atoms with van der Waals surface area (Å²) in [6.07, 6.45) is 2.60. The number of ether oxygens (including phenoxy) is 1. The van der Waals surface area contributed by atoms with Gasteiger partial charge in [0.2, 0.25) is 0 Å². The monoisotopic (exact) mass is 467 g/mol. The Hall–Kier alpha value is -1.96. The molecule has 0 radical (unpaired) electrons. The highest BCUT2D eigenvalue weighted by atomic mass is 16.5. The number of aliphatic hydroxyl groups is 4. The number of nitrogens with one attached hydrogen (secondary N) is 1. The van der Waals surface area contributed by atoms with Crippen molar-refractivity contribution in [2.24, 2.45) is 5.92 Å². The molecule has 0 aromatic heterocycles. The third-order valence-corrected chi connectivity index (χ3v) is 7.91. The van der Waals surface area contributed by atoms with Gasteiger partial charge in [0.15, 0.2) is 0 Å². The van der Waals surface area contributed by atoms with Crippen molar-refractivity contribution in [1.82, 2.24) is 5.32 Å². The van der Waals surface area contributed by atoms with Crippen LogP contribution in [0.2, 0.25) is 0 Å². The van der Waals surface area contributed by atoms with Crippen molar-refractivity contribution in [3.63, 3.8) is 0 Å². The van der Waals surface area contributed by atoms with Crippen molar-refractivity contribution in [2.45, 2.75) is 74.8 Å². The highest BCUT2D eigenvalue weighted by Crippen LogP contribution is 2.44. The van der Waals surface area contributed by atoms with Gasteiger partial charge in [0, 0.05) is 18.4 Å². The molecule has 184 valence electrons. The summed E-state index contributed by atoms with van der Waals surface area (Å²) >= 11 is 0. The lowest BCUT2D eigenvalue weighted by Crippen LogP contribution is -2.51. The molecule has 6 nitrogen and oxygen atoms in total. The number of piperidine rings is 1. The predicted octanol–water partition coefficient (Wildman–Crippen LogP) is 2.46. The quantitative estimate of drug-likeness (QED) is 0.429. The fourth-order valence-corrected chi connectivity index (χ4v) is 5.65. The Balaban J connectivity index is 1.34. The maximum atomic E-state index is 10.7. The topological polar surface area (TPSA) is 102 Å². The van der Waals surface area contributed by atoms with Crippen LogP contribution in [-0.4, -0.2) is 64.5 Å². The molecule has 5 atom stereocenters. The SMILES string of the molecule is OC[C@H]1C[C@@H](c2ccc(C3CC3)c(Cc3ccc(OC4CCNCC4)cc3)c2)[C@H](O)[C@@H](O)[C@@H]1O. The summed E-state index contributed by atoms with van der Waals surface area (Å²) in [5, 5.41) is 44.3. The average molecular weight is 468 g/mol. The lowest BCUT2D eigenvalue weighted by molar-refractivity contribution is -0.127. The minimum Gasteiger partial charge on any atom is -0.490 e. The fraction of sp³-hybridized carbons (Fsp3) is 0.571. The molecule has 3 fully saturated rings. The van der Waals surface area contributed by atoms with Crippen LogP contribution in [0.3, 0.4) is 0 Å². The van der Waals surface area contributed by atoms with Crippen molar-refractivity contribution in [3.8, 4) is 5.75 Å². The Labute approximate surface area is 201 Å². The molecular weight excluding hydrogens is 430 g/mol. The maximum absolute atomic E-state index is 10.7. The van der Waals surface area contributed by atoms with Crippen LogP contribution in [0.15, 0.2) is 42.5 Å². The molecule has 2 saturated carbocycles. The van der Waals surface area contributed by atoms with Crippen LogP contribution in [0, 0.1) is 5.92 Å². The van der Waals surface area contributed by atoms with E-state index in [0.717, 1.165) is 43.7 Å². The summed E-state index contributed by atoms with van der Waals surface area (Å²) in [7, 11) is 0. The van der Waals surface area contributed by atoms with Crippen molar-refractivity contribution >= 4 is 0 Å². The molecule has 2 aromatic carbocycles. The lowest BCUT2D eigenvalue weighted by Gasteiger charge is -2.40. The second-order valence-electron chi connectivity index (χ2n) is 10.4. The Morgan fingerprint density at radius 2 is 1.59 bits per heavy atom. The van der Waals surface area contributed by atoms with Gasteiger partial charge < -0.3 is 30.5 Å². The standard InChI is InChI=1S/C28H37NO5/c30-16-21-15-25(27(32)28(33)26(21)31)19-5-8-24(18-3-4-18)20(14-19)13-17-1-6-22(7-2-17)34-23-9-11-29-12-10-23/h1-2,5-8,14,18,21,23,25-33H,3-4,9-13,15-16H2/t21-,25+,26-,27+,28+/m1/s1. The first kappa shape index (κ1) is 23.8. The molecule has 1 heterocycles. The molecule has 5 rings (SSSR count). The molecule has 0 spiro atoms. The van der Waals surface area contributed by atoms with E-state index in [1.165, 1.54) is 29.5 Å². The van der Waals surface area contributed by atoms with Crippen LogP contribution in [0.4, 0.5) is 0 Å². The normalized spacial score (nSPS) is 30.3. The van der Waals surface area contributed by atoms with E-state index in [1.807, 2.05) is 0 Å². The van der Waals surface area contributed by atoms with E-state index in [-0.39, 0.29) is 18.6 Å². The fourth-order valence-electron chi connectivity index (χ4n) is 5.65. The number of aliphatic hydroxyl groups excluding tert-OH is 4. The third-order valence-electron chi connectivity index (χ3n) is 7.91. The third kappa shape index (κ3) is 5.16. The highest BCUT2D eigenvalue weighted by Gasteiger charge is 2.43. The number of hydrogen-bond donors (Lipinski definition) is 5. The molecule has 34 heavy (non-hydrogen) atoms. The van der Waals surface area contributed by atoms with Gasteiger partial charge in [-0.15, -0.1) is 0 Å². The molecule has 1 saturated heterocycles. The van der Waals surface area contributed by atoms with Crippen molar-refractivity contribution in [3.05, 3.63) is 64.7 Å². The Kier molecular flexibility index (Phi) is 7.23. The van der Waals surface area contributed by atoms with Crippen LogP contribution in [0.5, 0.6) is 5.75 Å². The maximum Gasteiger partial charge on any atom is 0.119 e. The molecule has 2 aliphatic carbocycles. The molecule has 5 N–H and O–H groups in total. The number of benzene rings is 2. The largest absolute Gasteiger partial charge is 0.490 e. The van der Waals surface area contributed by atoms with Crippen LogP contribution >= 0.6 is 0 Å². The zero-order valence-electron chi connectivity index (χ0n) is 19.6. The van der Waals surface area contributed by atoms with Crippen LogP contribution in [0.1, 0.15) is 66.2 Å². The Morgan fingerprint density at radius 3 is 2.26 bits per heavy atom. The van der Waals surface area contributed by atoms with Crippen LogP contribution < -0.4 is 10.1 Å². The Morgan fingerprint density at radius 1 is 0.853 bits per heavy atom. The summed E-state index contributed by atoms with van der Waals surface area (Å²) in [6.45, 7) is 1.81. The summed E-state index contributed by atoms with van der Waals surface area (Å²) in [6, 6.07) is 14.8. The highest BCUT2D eigenvalue weighted by molar-refractivity contribution is 5.42. The van der Waals surface area contributed by atoms with E-state index in [1.54, 1.807) is 0 Å². The van der Waals surface area contributed by atoms with E-state index in [4.69, 9.17) is 4.74 Å². The lowest BCUT2D eigenvalue weighted by atomic mass is 9.72. The molecule has 2 aromatic rings. The summed E-state index contributed by atoms with van der Waals surface area (Å²) in [5.41, 5.74) is 4.79. The zero-order chi connectivity index (χ0) is 23.7. The second-order valence-corrected chi connectivity index (χ2v) is 10.4. The zero-order valence-corrected chi connectivity index (χ0v) is 19.6.